The number of aromatic nitrogens is 1. The molecule has 0 spiro atoms. The second-order valence-corrected chi connectivity index (χ2v) is 3.43. The van der Waals surface area contributed by atoms with E-state index in [0.29, 0.717) is 3.70 Å². The van der Waals surface area contributed by atoms with Gasteiger partial charge in [-0.05, 0) is 28.7 Å². The third-order valence-corrected chi connectivity index (χ3v) is 2.39. The van der Waals surface area contributed by atoms with Crippen LogP contribution in [0.15, 0.2) is 6.07 Å². The maximum Gasteiger partial charge on any atom is 0.266 e. The van der Waals surface area contributed by atoms with Gasteiger partial charge in [-0.1, -0.05) is 11.6 Å². The van der Waals surface area contributed by atoms with Crippen LogP contribution in [0.3, 0.4) is 0 Å². The Balaban J connectivity index is 3.23. The topological polar surface area (TPSA) is 38.9 Å². The van der Waals surface area contributed by atoms with Crippen molar-refractivity contribution in [3.63, 3.8) is 0 Å². The fourth-order valence-corrected chi connectivity index (χ4v) is 1.42. The second-order valence-electron chi connectivity index (χ2n) is 2.05. The van der Waals surface area contributed by atoms with Crippen LogP contribution in [0.25, 0.3) is 0 Å². The molecule has 0 fully saturated rings. The molecule has 0 aromatic carbocycles. The van der Waals surface area contributed by atoms with Gasteiger partial charge in [0.2, 0.25) is 0 Å². The Bertz CT molecular complexity index is 306. The van der Waals surface area contributed by atoms with Crippen molar-refractivity contribution in [3.8, 4) is 0 Å². The van der Waals surface area contributed by atoms with Crippen LogP contribution in [0.2, 0.25) is 5.15 Å². The van der Waals surface area contributed by atoms with Crippen LogP contribution < -0.4 is 5.73 Å². The van der Waals surface area contributed by atoms with Gasteiger partial charge in [0.15, 0.2) is 0 Å². The van der Waals surface area contributed by atoms with Crippen molar-refractivity contribution >= 4 is 39.9 Å². The fourth-order valence-electron chi connectivity index (χ4n) is 0.655. The van der Waals surface area contributed by atoms with Crippen molar-refractivity contribution in [2.75, 3.05) is 5.73 Å². The van der Waals surface area contributed by atoms with E-state index in [9.17, 15) is 8.78 Å². The fraction of sp³-hybridized carbons (Fsp3) is 0.167. The SMILES string of the molecule is Nc1cc(C(F)F)c(Cl)nc1I. The molecule has 2 N–H and O–H groups in total. The van der Waals surface area contributed by atoms with Crippen LogP contribution in [-0.2, 0) is 0 Å². The van der Waals surface area contributed by atoms with E-state index < -0.39 is 6.43 Å². The molecule has 1 rings (SSSR count). The van der Waals surface area contributed by atoms with Gasteiger partial charge < -0.3 is 5.73 Å². The molecule has 0 aliphatic heterocycles. The summed E-state index contributed by atoms with van der Waals surface area (Å²) in [4.78, 5) is 3.64. The minimum Gasteiger partial charge on any atom is -0.397 e. The monoisotopic (exact) mass is 304 g/mol. The molecule has 0 saturated carbocycles. The first-order valence-electron chi connectivity index (χ1n) is 2.92. The van der Waals surface area contributed by atoms with Gasteiger partial charge in [0.05, 0.1) is 11.3 Å². The molecule has 0 radical (unpaired) electrons. The first-order valence-corrected chi connectivity index (χ1v) is 4.37. The number of halogens is 4. The van der Waals surface area contributed by atoms with Crippen molar-refractivity contribution in [1.82, 2.24) is 4.98 Å². The summed E-state index contributed by atoms with van der Waals surface area (Å²) in [6.45, 7) is 0. The van der Waals surface area contributed by atoms with E-state index in [-0.39, 0.29) is 16.4 Å². The molecule has 1 aromatic rings. The molecule has 2 nitrogen and oxygen atoms in total. The summed E-state index contributed by atoms with van der Waals surface area (Å²) in [6, 6.07) is 1.14. The third-order valence-electron chi connectivity index (χ3n) is 1.22. The lowest BCUT2D eigenvalue weighted by atomic mass is 10.3. The van der Waals surface area contributed by atoms with Crippen molar-refractivity contribution in [2.24, 2.45) is 0 Å². The molecular weight excluding hydrogens is 300 g/mol. The summed E-state index contributed by atoms with van der Waals surface area (Å²) in [7, 11) is 0. The van der Waals surface area contributed by atoms with Gasteiger partial charge in [-0.25, -0.2) is 13.8 Å². The highest BCUT2D eigenvalue weighted by molar-refractivity contribution is 14.1. The van der Waals surface area contributed by atoms with Crippen LogP contribution in [0, 0.1) is 3.70 Å². The van der Waals surface area contributed by atoms with Gasteiger partial charge >= 0.3 is 0 Å². The van der Waals surface area contributed by atoms with Crippen LogP contribution in [-0.4, -0.2) is 4.98 Å². The standard InChI is InChI=1S/C6H4ClF2IN2/c7-4-2(5(8)9)1-3(11)6(10)12-4/h1,5H,11H2. The number of hydrogen-bond acceptors (Lipinski definition) is 2. The van der Waals surface area contributed by atoms with Gasteiger partial charge in [0.1, 0.15) is 8.85 Å². The third kappa shape index (κ3) is 1.95. The summed E-state index contributed by atoms with van der Waals surface area (Å²) in [5.74, 6) is 0. The van der Waals surface area contributed by atoms with Gasteiger partial charge in [0, 0.05) is 0 Å². The highest BCUT2D eigenvalue weighted by Gasteiger charge is 2.14. The Morgan fingerprint density at radius 1 is 1.58 bits per heavy atom. The number of nitrogen functional groups attached to an aromatic ring is 1. The summed E-state index contributed by atoms with van der Waals surface area (Å²) >= 11 is 7.27. The minimum absolute atomic E-state index is 0.191. The first kappa shape index (κ1) is 9.91. The zero-order chi connectivity index (χ0) is 9.30. The maximum absolute atomic E-state index is 12.2. The smallest absolute Gasteiger partial charge is 0.266 e. The largest absolute Gasteiger partial charge is 0.397 e. The van der Waals surface area contributed by atoms with Crippen LogP contribution in [0.5, 0.6) is 0 Å². The predicted molar refractivity (Wildman–Crippen MR) is 51.3 cm³/mol. The lowest BCUT2D eigenvalue weighted by molar-refractivity contribution is 0.151. The van der Waals surface area contributed by atoms with E-state index in [4.69, 9.17) is 17.3 Å². The van der Waals surface area contributed by atoms with E-state index in [1.807, 2.05) is 22.6 Å². The Morgan fingerprint density at radius 2 is 2.17 bits per heavy atom. The highest BCUT2D eigenvalue weighted by atomic mass is 127. The number of alkyl halides is 2. The number of anilines is 1. The average Bonchev–Trinajstić information content (AvgIpc) is 1.96. The Kier molecular flexibility index (Phi) is 3.05. The molecule has 0 saturated heterocycles. The van der Waals surface area contributed by atoms with E-state index in [0.717, 1.165) is 6.07 Å². The van der Waals surface area contributed by atoms with Crippen molar-refractivity contribution in [3.05, 3.63) is 20.5 Å². The Labute approximate surface area is 86.3 Å². The first-order chi connectivity index (χ1) is 5.52. The van der Waals surface area contributed by atoms with E-state index >= 15 is 0 Å². The van der Waals surface area contributed by atoms with Gasteiger partial charge in [-0.15, -0.1) is 0 Å². The van der Waals surface area contributed by atoms with Crippen LogP contribution in [0.1, 0.15) is 12.0 Å². The van der Waals surface area contributed by atoms with E-state index in [1.54, 1.807) is 0 Å². The minimum atomic E-state index is -2.63. The van der Waals surface area contributed by atoms with E-state index in [1.165, 1.54) is 0 Å². The zero-order valence-corrected chi connectivity index (χ0v) is 8.60. The van der Waals surface area contributed by atoms with Crippen molar-refractivity contribution in [2.45, 2.75) is 6.43 Å². The summed E-state index contributed by atoms with van der Waals surface area (Å²) in [5, 5.41) is -0.191. The van der Waals surface area contributed by atoms with Crippen molar-refractivity contribution in [1.29, 1.82) is 0 Å². The lowest BCUT2D eigenvalue weighted by Gasteiger charge is -2.04. The second kappa shape index (κ2) is 3.69. The molecule has 0 aliphatic rings. The van der Waals surface area contributed by atoms with Crippen molar-refractivity contribution < 1.29 is 8.78 Å². The molecule has 12 heavy (non-hydrogen) atoms. The Morgan fingerprint density at radius 3 is 2.67 bits per heavy atom. The van der Waals surface area contributed by atoms with Gasteiger partial charge in [-0.3, -0.25) is 0 Å². The molecule has 0 aliphatic carbocycles. The molecule has 0 amide bonds. The number of nitrogens with two attached hydrogens (primary N) is 1. The number of hydrogen-bond donors (Lipinski definition) is 1. The molecular formula is C6H4ClF2IN2. The number of pyridine rings is 1. The Hall–Kier alpha value is -0.170. The molecule has 0 bridgehead atoms. The molecule has 6 heteroatoms. The molecule has 0 atom stereocenters. The quantitative estimate of drug-likeness (QED) is 0.640. The molecule has 1 aromatic heterocycles. The van der Waals surface area contributed by atoms with Crippen LogP contribution >= 0.6 is 34.2 Å². The zero-order valence-electron chi connectivity index (χ0n) is 5.69. The number of rotatable bonds is 1. The summed E-state index contributed by atoms with van der Waals surface area (Å²) < 4.78 is 24.7. The lowest BCUT2D eigenvalue weighted by Crippen LogP contribution is -1.97. The average molecular weight is 304 g/mol. The predicted octanol–water partition coefficient (Wildman–Crippen LogP) is 2.86. The maximum atomic E-state index is 12.2. The summed E-state index contributed by atoms with van der Waals surface area (Å²) in [6.07, 6.45) is -2.63. The highest BCUT2D eigenvalue weighted by Crippen LogP contribution is 2.28. The van der Waals surface area contributed by atoms with Crippen LogP contribution in [0.4, 0.5) is 14.5 Å². The van der Waals surface area contributed by atoms with E-state index in [2.05, 4.69) is 4.98 Å². The number of nitrogens with zero attached hydrogens (tertiary/aromatic N) is 1. The van der Waals surface area contributed by atoms with Gasteiger partial charge in [-0.2, -0.15) is 0 Å². The summed E-state index contributed by atoms with van der Waals surface area (Å²) in [5.41, 5.74) is 5.26. The molecule has 1 heterocycles. The molecule has 0 unspecified atom stereocenters. The normalized spacial score (nSPS) is 10.8. The van der Waals surface area contributed by atoms with Gasteiger partial charge in [0.25, 0.3) is 6.43 Å². The molecule has 66 valence electrons.